The second-order valence-electron chi connectivity index (χ2n) is 2.39. The van der Waals surface area contributed by atoms with Gasteiger partial charge in [-0.25, -0.2) is 4.57 Å². The number of phosphoric ester groups is 1. The maximum atomic E-state index is 11.6. The van der Waals surface area contributed by atoms with Crippen LogP contribution in [-0.4, -0.2) is 39.6 Å². The summed E-state index contributed by atoms with van der Waals surface area (Å²) < 4.78 is 59.2. The van der Waals surface area contributed by atoms with Crippen molar-refractivity contribution >= 4 is 7.82 Å². The Bertz CT molecular complexity index is 187. The number of phosphoric acid groups is 1. The molecule has 0 radical (unpaired) electrons. The third-order valence-corrected chi connectivity index (χ3v) is 2.73. The van der Waals surface area contributed by atoms with Gasteiger partial charge >= 0.3 is 7.82 Å². The molecule has 0 amide bonds. The van der Waals surface area contributed by atoms with Crippen LogP contribution in [0.4, 0.5) is 13.6 Å². The summed E-state index contributed by atoms with van der Waals surface area (Å²) >= 11 is 0. The summed E-state index contributed by atoms with van der Waals surface area (Å²) in [7, 11) is -4.05. The van der Waals surface area contributed by atoms with Crippen LogP contribution in [0.2, 0.25) is 0 Å². The molecule has 0 saturated heterocycles. The molecule has 0 aliphatic carbocycles. The summed E-state index contributed by atoms with van der Waals surface area (Å²) in [6.07, 6.45) is 0. The van der Waals surface area contributed by atoms with Crippen molar-refractivity contribution in [1.82, 2.24) is 0 Å². The van der Waals surface area contributed by atoms with Crippen LogP contribution in [0.3, 0.4) is 0 Å². The van der Waals surface area contributed by atoms with Gasteiger partial charge in [0.15, 0.2) is 0 Å². The first-order valence-electron chi connectivity index (χ1n) is 4.43. The lowest BCUT2D eigenvalue weighted by Gasteiger charge is -2.16. The molecule has 0 rings (SSSR count). The van der Waals surface area contributed by atoms with Crippen molar-refractivity contribution in [2.75, 3.05) is 39.6 Å². The Morgan fingerprint density at radius 1 is 0.647 bits per heavy atom. The van der Waals surface area contributed by atoms with Crippen LogP contribution in [0.15, 0.2) is 0 Å². The molecule has 0 aromatic heterocycles. The fraction of sp³-hybridized carbons (Fsp3) is 1.00. The molecular weight excluding hydrogens is 272 g/mol. The quantitative estimate of drug-likeness (QED) is 0.400. The summed E-state index contributed by atoms with van der Waals surface area (Å²) in [5, 5.41) is 0. The normalized spacial score (nSPS) is 11.9. The SMILES string of the molecule is O=P(OCCOF)(OCCOF)OCCOF. The van der Waals surface area contributed by atoms with Gasteiger partial charge in [0.25, 0.3) is 0 Å². The van der Waals surface area contributed by atoms with Crippen molar-refractivity contribution in [3.63, 3.8) is 0 Å². The Hall–Kier alpha value is -0.220. The van der Waals surface area contributed by atoms with Gasteiger partial charge in [-0.3, -0.25) is 13.6 Å². The van der Waals surface area contributed by atoms with E-state index in [-0.39, 0.29) is 0 Å². The van der Waals surface area contributed by atoms with E-state index in [1.807, 2.05) is 0 Å². The van der Waals surface area contributed by atoms with E-state index >= 15 is 0 Å². The minimum atomic E-state index is -4.05. The van der Waals surface area contributed by atoms with Crippen LogP contribution in [0.1, 0.15) is 0 Å². The van der Waals surface area contributed by atoms with Crippen molar-refractivity contribution in [3.8, 4) is 0 Å². The molecule has 7 nitrogen and oxygen atoms in total. The number of rotatable bonds is 12. The van der Waals surface area contributed by atoms with Crippen molar-refractivity contribution in [3.05, 3.63) is 0 Å². The van der Waals surface area contributed by atoms with Crippen LogP contribution in [0, 0.1) is 0 Å². The van der Waals surface area contributed by atoms with Gasteiger partial charge < -0.3 is 0 Å². The van der Waals surface area contributed by atoms with E-state index in [1.165, 1.54) is 0 Å². The van der Waals surface area contributed by atoms with Crippen molar-refractivity contribution in [2.24, 2.45) is 0 Å². The van der Waals surface area contributed by atoms with E-state index in [1.54, 1.807) is 0 Å². The maximum absolute atomic E-state index is 11.6. The Morgan fingerprint density at radius 2 is 0.941 bits per heavy atom. The average Bonchev–Trinajstić information content (AvgIpc) is 2.30. The molecule has 0 saturated carbocycles. The van der Waals surface area contributed by atoms with E-state index < -0.39 is 47.5 Å². The third kappa shape index (κ3) is 9.48. The smallest absolute Gasteiger partial charge is 0.284 e. The first kappa shape index (κ1) is 16.8. The van der Waals surface area contributed by atoms with Crippen molar-refractivity contribution in [2.45, 2.75) is 0 Å². The molecule has 0 heterocycles. The number of hydrogen-bond donors (Lipinski definition) is 0. The van der Waals surface area contributed by atoms with Crippen LogP contribution in [0.25, 0.3) is 0 Å². The largest absolute Gasteiger partial charge is 0.475 e. The molecule has 0 aliphatic heterocycles. The topological polar surface area (TPSA) is 72.5 Å². The highest BCUT2D eigenvalue weighted by Gasteiger charge is 2.26. The minimum Gasteiger partial charge on any atom is -0.284 e. The van der Waals surface area contributed by atoms with Gasteiger partial charge in [-0.15, -0.1) is 0 Å². The predicted octanol–water partition coefficient (Wildman–Crippen LogP) is 1.85. The average molecular weight is 284 g/mol. The Labute approximate surface area is 95.0 Å². The lowest BCUT2D eigenvalue weighted by Crippen LogP contribution is -2.09. The Balaban J connectivity index is 4.00. The fourth-order valence-electron chi connectivity index (χ4n) is 0.654. The molecule has 0 spiro atoms. The third-order valence-electron chi connectivity index (χ3n) is 1.23. The first-order valence-corrected chi connectivity index (χ1v) is 5.89. The first-order chi connectivity index (χ1) is 8.18. The second kappa shape index (κ2) is 10.9. The highest BCUT2D eigenvalue weighted by atomic mass is 31.2. The zero-order valence-corrected chi connectivity index (χ0v) is 9.58. The van der Waals surface area contributed by atoms with Crippen LogP contribution in [-0.2, 0) is 33.0 Å². The van der Waals surface area contributed by atoms with E-state index in [0.717, 1.165) is 0 Å². The van der Waals surface area contributed by atoms with E-state index in [0.29, 0.717) is 0 Å². The van der Waals surface area contributed by atoms with Gasteiger partial charge in [-0.2, -0.15) is 14.8 Å². The van der Waals surface area contributed by atoms with Gasteiger partial charge in [-0.05, 0) is 13.6 Å². The molecular formula is C6H12F3O7P. The predicted molar refractivity (Wildman–Crippen MR) is 46.6 cm³/mol. The standard InChI is InChI=1S/C6H12F3O7P/c7-11-1-4-14-17(10,15-5-2-12-8)16-6-3-13-9/h1-6H2. The molecule has 0 fully saturated rings. The van der Waals surface area contributed by atoms with E-state index in [9.17, 15) is 18.1 Å². The molecule has 0 bridgehead atoms. The highest BCUT2D eigenvalue weighted by Crippen LogP contribution is 2.49. The van der Waals surface area contributed by atoms with Gasteiger partial charge in [0, 0.05) is 0 Å². The zero-order chi connectivity index (χ0) is 13.0. The molecule has 0 aliphatic rings. The molecule has 0 N–H and O–H groups in total. The van der Waals surface area contributed by atoms with Gasteiger partial charge in [0.2, 0.25) is 0 Å². The van der Waals surface area contributed by atoms with Crippen molar-refractivity contribution in [1.29, 1.82) is 0 Å². The maximum Gasteiger partial charge on any atom is 0.475 e. The van der Waals surface area contributed by atoms with Gasteiger partial charge in [0.05, 0.1) is 19.8 Å². The monoisotopic (exact) mass is 284 g/mol. The zero-order valence-electron chi connectivity index (χ0n) is 8.68. The molecule has 0 unspecified atom stereocenters. The summed E-state index contributed by atoms with van der Waals surface area (Å²) in [5.41, 5.74) is 0. The molecule has 0 aromatic rings. The summed E-state index contributed by atoms with van der Waals surface area (Å²) in [6.45, 7) is -2.80. The summed E-state index contributed by atoms with van der Waals surface area (Å²) in [4.78, 5) is 9.49. The van der Waals surface area contributed by atoms with E-state index in [4.69, 9.17) is 0 Å². The van der Waals surface area contributed by atoms with Gasteiger partial charge in [-0.1, -0.05) is 0 Å². The van der Waals surface area contributed by atoms with Crippen LogP contribution < -0.4 is 0 Å². The summed E-state index contributed by atoms with van der Waals surface area (Å²) in [5.74, 6) is 0. The van der Waals surface area contributed by atoms with Crippen LogP contribution in [0.5, 0.6) is 0 Å². The lowest BCUT2D eigenvalue weighted by molar-refractivity contribution is -0.149. The number of hydrogen-bond acceptors (Lipinski definition) is 7. The van der Waals surface area contributed by atoms with Crippen molar-refractivity contribution < 1.29 is 46.5 Å². The highest BCUT2D eigenvalue weighted by molar-refractivity contribution is 7.48. The van der Waals surface area contributed by atoms with Gasteiger partial charge in [0.1, 0.15) is 19.8 Å². The molecule has 0 atom stereocenters. The Morgan fingerprint density at radius 3 is 1.18 bits per heavy atom. The summed E-state index contributed by atoms with van der Waals surface area (Å²) in [6, 6.07) is 0. The molecule has 104 valence electrons. The van der Waals surface area contributed by atoms with Crippen LogP contribution >= 0.6 is 7.82 Å². The van der Waals surface area contributed by atoms with E-state index in [2.05, 4.69) is 28.4 Å². The molecule has 0 aromatic carbocycles. The number of halogens is 3. The molecule has 17 heavy (non-hydrogen) atoms. The lowest BCUT2D eigenvalue weighted by atomic mass is 10.8. The fourth-order valence-corrected chi connectivity index (χ4v) is 1.77. The second-order valence-corrected chi connectivity index (χ2v) is 4.06. The Kier molecular flexibility index (Phi) is 10.8. The minimum absolute atomic E-state index is 0.430. The molecule has 11 heteroatoms.